The standard InChI is InChI=1S/C33H27N7O6S2/c1-45-39-25(24-18-48-33(36-24)34-19-41)29(42)37-26-30(43)40-27(22(17-47-31(26)40)14-15-23-13-8-16-35-38-23)32(44)46-28(20-9-4-2-5-10-20)21-11-6-3-7-12-21/h2-16,18-19,26,28,31H,17H2,1H3,(H,37,42)(H,34,36,41)/t26?,31-/m1/s1. The average Bonchev–Trinajstić information content (AvgIpc) is 3.59. The Kier molecular flexibility index (Phi) is 9.97. The van der Waals surface area contributed by atoms with E-state index in [0.29, 0.717) is 23.4 Å². The van der Waals surface area contributed by atoms with Gasteiger partial charge in [-0.25, -0.2) is 9.78 Å². The first-order valence-corrected chi connectivity index (χ1v) is 16.4. The number of nitrogens with one attached hydrogen (secondary N) is 2. The van der Waals surface area contributed by atoms with E-state index in [4.69, 9.17) is 9.57 Å². The van der Waals surface area contributed by atoms with Gasteiger partial charge in [0.05, 0.1) is 5.69 Å². The van der Waals surface area contributed by atoms with Gasteiger partial charge in [0.1, 0.15) is 29.9 Å². The summed E-state index contributed by atoms with van der Waals surface area (Å²) in [6.45, 7) is 0. The number of oxime groups is 1. The van der Waals surface area contributed by atoms with Gasteiger partial charge in [-0.2, -0.15) is 10.2 Å². The molecule has 0 spiro atoms. The van der Waals surface area contributed by atoms with Gasteiger partial charge in [-0.15, -0.1) is 23.1 Å². The van der Waals surface area contributed by atoms with Crippen LogP contribution in [-0.4, -0.2) is 74.3 Å². The van der Waals surface area contributed by atoms with Crippen LogP contribution >= 0.6 is 23.1 Å². The number of thioether (sulfide) groups is 1. The Balaban J connectivity index is 1.29. The second-order valence-electron chi connectivity index (χ2n) is 10.2. The number of nitrogens with zero attached hydrogens (tertiary/aromatic N) is 5. The molecule has 2 aromatic carbocycles. The van der Waals surface area contributed by atoms with E-state index in [1.807, 2.05) is 60.7 Å². The molecule has 48 heavy (non-hydrogen) atoms. The molecule has 4 heterocycles. The lowest BCUT2D eigenvalue weighted by Crippen LogP contribution is -2.71. The number of hydrogen-bond acceptors (Lipinski definition) is 12. The molecule has 0 bridgehead atoms. The second kappa shape index (κ2) is 14.8. The van der Waals surface area contributed by atoms with E-state index < -0.39 is 35.3 Å². The summed E-state index contributed by atoms with van der Waals surface area (Å²) in [4.78, 5) is 62.5. The van der Waals surface area contributed by atoms with E-state index in [0.717, 1.165) is 22.5 Å². The van der Waals surface area contributed by atoms with Crippen molar-refractivity contribution in [2.24, 2.45) is 5.16 Å². The highest BCUT2D eigenvalue weighted by molar-refractivity contribution is 8.00. The summed E-state index contributed by atoms with van der Waals surface area (Å²) in [5.41, 5.74) is 2.66. The van der Waals surface area contributed by atoms with Crippen LogP contribution in [0.3, 0.4) is 0 Å². The number of thiazole rings is 1. The summed E-state index contributed by atoms with van der Waals surface area (Å²) in [5, 5.41) is 18.1. The van der Waals surface area contributed by atoms with Crippen LogP contribution in [0.15, 0.2) is 107 Å². The van der Waals surface area contributed by atoms with Crippen LogP contribution < -0.4 is 10.6 Å². The van der Waals surface area contributed by atoms with Crippen LogP contribution in [0.25, 0.3) is 6.08 Å². The quantitative estimate of drug-likeness (QED) is 0.0743. The fourth-order valence-corrected chi connectivity index (χ4v) is 7.07. The topological polar surface area (TPSA) is 165 Å². The molecular weight excluding hydrogens is 655 g/mol. The number of benzene rings is 2. The number of rotatable bonds is 12. The number of anilines is 1. The highest BCUT2D eigenvalue weighted by Gasteiger charge is 2.54. The lowest BCUT2D eigenvalue weighted by molar-refractivity contribution is -0.154. The molecule has 6 rings (SSSR count). The molecular formula is C33H27N7O6S2. The van der Waals surface area contributed by atoms with Crippen molar-refractivity contribution in [1.29, 1.82) is 0 Å². The molecule has 0 radical (unpaired) electrons. The van der Waals surface area contributed by atoms with Crippen molar-refractivity contribution >= 4 is 64.2 Å². The van der Waals surface area contributed by atoms with E-state index in [9.17, 15) is 19.2 Å². The smallest absolute Gasteiger partial charge is 0.356 e. The van der Waals surface area contributed by atoms with Gasteiger partial charge >= 0.3 is 5.97 Å². The molecule has 2 aliphatic heterocycles. The summed E-state index contributed by atoms with van der Waals surface area (Å²) in [7, 11) is 1.27. The summed E-state index contributed by atoms with van der Waals surface area (Å²) in [6.07, 6.45) is 4.70. The van der Waals surface area contributed by atoms with Crippen LogP contribution in [0.5, 0.6) is 0 Å². The molecule has 2 atom stereocenters. The zero-order valence-corrected chi connectivity index (χ0v) is 26.9. The molecule has 2 aliphatic rings. The third-order valence-corrected chi connectivity index (χ3v) is 9.36. The predicted molar refractivity (Wildman–Crippen MR) is 179 cm³/mol. The number of hydrogen-bond donors (Lipinski definition) is 2. The molecule has 2 aromatic heterocycles. The molecule has 3 amide bonds. The Morgan fingerprint density at radius 1 is 1.04 bits per heavy atom. The Morgan fingerprint density at radius 2 is 1.77 bits per heavy atom. The van der Waals surface area contributed by atoms with E-state index in [2.05, 4.69) is 31.0 Å². The van der Waals surface area contributed by atoms with E-state index >= 15 is 0 Å². The Labute approximate surface area is 282 Å². The summed E-state index contributed by atoms with van der Waals surface area (Å²) >= 11 is 2.47. The predicted octanol–water partition coefficient (Wildman–Crippen LogP) is 3.55. The number of fused-ring (bicyclic) bond motifs is 1. The fraction of sp³-hybridized carbons (Fsp3) is 0.152. The van der Waals surface area contributed by atoms with Crippen molar-refractivity contribution in [3.63, 3.8) is 0 Å². The maximum Gasteiger partial charge on any atom is 0.356 e. The maximum absolute atomic E-state index is 14.2. The largest absolute Gasteiger partial charge is 0.448 e. The minimum Gasteiger partial charge on any atom is -0.448 e. The van der Waals surface area contributed by atoms with Gasteiger partial charge in [-0.3, -0.25) is 19.3 Å². The highest BCUT2D eigenvalue weighted by atomic mass is 32.2. The Bertz CT molecular complexity index is 1860. The first kappa shape index (κ1) is 32.3. The molecule has 13 nitrogen and oxygen atoms in total. The third-order valence-electron chi connectivity index (χ3n) is 7.28. The van der Waals surface area contributed by atoms with Crippen molar-refractivity contribution in [1.82, 2.24) is 25.4 Å². The molecule has 242 valence electrons. The van der Waals surface area contributed by atoms with E-state index in [-0.39, 0.29) is 22.2 Å². The van der Waals surface area contributed by atoms with Crippen molar-refractivity contribution < 1.29 is 28.8 Å². The molecule has 1 fully saturated rings. The van der Waals surface area contributed by atoms with Gasteiger partial charge < -0.3 is 20.2 Å². The van der Waals surface area contributed by atoms with Gasteiger partial charge in [-0.05, 0) is 34.9 Å². The van der Waals surface area contributed by atoms with E-state index in [1.165, 1.54) is 29.2 Å². The van der Waals surface area contributed by atoms with Crippen molar-refractivity contribution in [3.05, 3.63) is 124 Å². The average molecular weight is 682 g/mol. The first-order valence-electron chi connectivity index (χ1n) is 14.5. The number of β-lactam (4-membered cyclic amide) rings is 1. The fourth-order valence-electron chi connectivity index (χ4n) is 5.10. The zero-order valence-electron chi connectivity index (χ0n) is 25.3. The number of carbonyl (C=O) groups is 4. The zero-order chi connectivity index (χ0) is 33.5. The van der Waals surface area contributed by atoms with Gasteiger partial charge in [0.25, 0.3) is 11.8 Å². The van der Waals surface area contributed by atoms with Crippen LogP contribution in [0.4, 0.5) is 5.13 Å². The van der Waals surface area contributed by atoms with Gasteiger partial charge in [0.2, 0.25) is 6.41 Å². The lowest BCUT2D eigenvalue weighted by Gasteiger charge is -2.49. The van der Waals surface area contributed by atoms with Crippen molar-refractivity contribution in [2.45, 2.75) is 17.5 Å². The van der Waals surface area contributed by atoms with Gasteiger partial charge in [-0.1, -0.05) is 71.9 Å². The van der Waals surface area contributed by atoms with Crippen LogP contribution in [0, 0.1) is 0 Å². The number of esters is 1. The lowest BCUT2D eigenvalue weighted by atomic mass is 10.00. The Morgan fingerprint density at radius 3 is 2.42 bits per heavy atom. The SMILES string of the molecule is CON=C(C(=O)NC1C(=O)N2C(C(=O)OC(c3ccccc3)c3ccccc3)=C(C=Cc3cccnn3)CS[C@H]12)c1csc(NC=O)n1. The number of aromatic nitrogens is 3. The number of allylic oxidation sites excluding steroid dienone is 1. The summed E-state index contributed by atoms with van der Waals surface area (Å²) in [5.74, 6) is -1.59. The van der Waals surface area contributed by atoms with Gasteiger partial charge in [0, 0.05) is 17.3 Å². The third kappa shape index (κ3) is 6.86. The minimum absolute atomic E-state index is 0.0705. The van der Waals surface area contributed by atoms with Gasteiger partial charge in [0.15, 0.2) is 16.9 Å². The summed E-state index contributed by atoms with van der Waals surface area (Å²) in [6, 6.07) is 21.2. The first-order chi connectivity index (χ1) is 23.5. The van der Waals surface area contributed by atoms with Crippen molar-refractivity contribution in [2.75, 3.05) is 18.2 Å². The molecule has 1 saturated heterocycles. The van der Waals surface area contributed by atoms with Crippen LogP contribution in [0.1, 0.15) is 28.6 Å². The molecule has 2 N–H and O–H groups in total. The second-order valence-corrected chi connectivity index (χ2v) is 12.2. The molecule has 0 saturated carbocycles. The highest BCUT2D eigenvalue weighted by Crippen LogP contribution is 2.42. The number of carbonyl (C=O) groups excluding carboxylic acids is 4. The number of ether oxygens (including phenoxy) is 1. The normalized spacial score (nSPS) is 17.5. The molecule has 0 aliphatic carbocycles. The van der Waals surface area contributed by atoms with Crippen LogP contribution in [0.2, 0.25) is 0 Å². The maximum atomic E-state index is 14.2. The van der Waals surface area contributed by atoms with Crippen LogP contribution in [-0.2, 0) is 28.8 Å². The number of amides is 3. The summed E-state index contributed by atoms with van der Waals surface area (Å²) < 4.78 is 6.19. The Hall–Kier alpha value is -5.67. The minimum atomic E-state index is -0.983. The molecule has 15 heteroatoms. The van der Waals surface area contributed by atoms with Crippen molar-refractivity contribution in [3.8, 4) is 0 Å². The van der Waals surface area contributed by atoms with E-state index in [1.54, 1.807) is 30.5 Å². The molecule has 1 unspecified atom stereocenters. The monoisotopic (exact) mass is 681 g/mol. The molecule has 4 aromatic rings.